The number of likely N-dealkylation sites (tertiary alicyclic amines) is 1. The number of hydrogen-bond donors (Lipinski definition) is 2. The number of piperidine rings is 1. The molecule has 2 heterocycles. The highest BCUT2D eigenvalue weighted by molar-refractivity contribution is 6.02. The van der Waals surface area contributed by atoms with E-state index < -0.39 is 0 Å². The maximum absolute atomic E-state index is 12.9. The van der Waals surface area contributed by atoms with E-state index >= 15 is 0 Å². The van der Waals surface area contributed by atoms with Gasteiger partial charge in [-0.15, -0.1) is 0 Å². The summed E-state index contributed by atoms with van der Waals surface area (Å²) in [5.41, 5.74) is 2.19. The Hall–Kier alpha value is -3.35. The fourth-order valence-corrected chi connectivity index (χ4v) is 4.02. The molecule has 0 aromatic heterocycles. The van der Waals surface area contributed by atoms with E-state index in [4.69, 9.17) is 0 Å². The summed E-state index contributed by atoms with van der Waals surface area (Å²) in [5.74, 6) is -0.125. The molecule has 7 nitrogen and oxygen atoms in total. The zero-order valence-electron chi connectivity index (χ0n) is 16.8. The average molecular weight is 406 g/mol. The molecule has 4 rings (SSSR count). The molecule has 0 unspecified atom stereocenters. The van der Waals surface area contributed by atoms with E-state index in [-0.39, 0.29) is 23.8 Å². The fourth-order valence-electron chi connectivity index (χ4n) is 4.02. The molecule has 2 saturated heterocycles. The normalized spacial score (nSPS) is 17.1. The van der Waals surface area contributed by atoms with Gasteiger partial charge in [0.2, 0.25) is 11.8 Å². The van der Waals surface area contributed by atoms with Gasteiger partial charge in [0.1, 0.15) is 0 Å². The van der Waals surface area contributed by atoms with Gasteiger partial charge in [0.05, 0.1) is 11.4 Å². The molecule has 0 spiro atoms. The largest absolute Gasteiger partial charge is 0.324 e. The summed E-state index contributed by atoms with van der Waals surface area (Å²) >= 11 is 0. The van der Waals surface area contributed by atoms with E-state index in [1.54, 1.807) is 9.80 Å². The minimum atomic E-state index is -0.159. The van der Waals surface area contributed by atoms with Crippen LogP contribution in [0.5, 0.6) is 0 Å². The van der Waals surface area contributed by atoms with Crippen LogP contribution in [-0.2, 0) is 9.59 Å². The standard InChI is InChI=1S/C23H26N4O3/c28-21-11-6-14-27(21)20-10-5-4-9-19(20)25-22(29)17-12-15-26(16-13-17)23(30)24-18-7-2-1-3-8-18/h1-5,7-10,17H,6,11-16H2,(H,24,30)(H,25,29). The Morgan fingerprint density at radius 3 is 2.27 bits per heavy atom. The van der Waals surface area contributed by atoms with Crippen LogP contribution in [0, 0.1) is 5.92 Å². The summed E-state index contributed by atoms with van der Waals surface area (Å²) in [7, 11) is 0. The molecule has 0 saturated carbocycles. The van der Waals surface area contributed by atoms with E-state index in [9.17, 15) is 14.4 Å². The number of benzene rings is 2. The first-order chi connectivity index (χ1) is 14.6. The highest BCUT2D eigenvalue weighted by Crippen LogP contribution is 2.30. The van der Waals surface area contributed by atoms with Crippen LogP contribution in [0.4, 0.5) is 21.9 Å². The number of nitrogens with zero attached hydrogens (tertiary/aromatic N) is 2. The predicted octanol–water partition coefficient (Wildman–Crippen LogP) is 3.70. The molecule has 0 radical (unpaired) electrons. The minimum absolute atomic E-state index is 0.0581. The Kier molecular flexibility index (Phi) is 5.97. The van der Waals surface area contributed by atoms with Crippen molar-refractivity contribution in [2.45, 2.75) is 25.7 Å². The van der Waals surface area contributed by atoms with Crippen LogP contribution < -0.4 is 15.5 Å². The molecule has 0 bridgehead atoms. The van der Waals surface area contributed by atoms with Crippen LogP contribution in [0.1, 0.15) is 25.7 Å². The quantitative estimate of drug-likeness (QED) is 0.812. The summed E-state index contributed by atoms with van der Waals surface area (Å²) in [6, 6.07) is 16.6. The Bertz CT molecular complexity index is 923. The number of hydrogen-bond acceptors (Lipinski definition) is 3. The molecular weight excluding hydrogens is 380 g/mol. The molecule has 156 valence electrons. The highest BCUT2D eigenvalue weighted by atomic mass is 16.2. The van der Waals surface area contributed by atoms with Gasteiger partial charge < -0.3 is 20.4 Å². The molecule has 4 amide bonds. The predicted molar refractivity (Wildman–Crippen MR) is 116 cm³/mol. The Morgan fingerprint density at radius 1 is 0.867 bits per heavy atom. The maximum atomic E-state index is 12.9. The lowest BCUT2D eigenvalue weighted by molar-refractivity contribution is -0.121. The number of anilines is 3. The fraction of sp³-hybridized carbons (Fsp3) is 0.348. The number of urea groups is 1. The zero-order chi connectivity index (χ0) is 20.9. The molecule has 2 aromatic rings. The topological polar surface area (TPSA) is 81.8 Å². The van der Waals surface area contributed by atoms with Crippen LogP contribution in [-0.4, -0.2) is 42.4 Å². The van der Waals surface area contributed by atoms with Gasteiger partial charge in [-0.25, -0.2) is 4.79 Å². The van der Waals surface area contributed by atoms with Crippen molar-refractivity contribution in [3.05, 3.63) is 54.6 Å². The third-order valence-electron chi connectivity index (χ3n) is 5.70. The highest BCUT2D eigenvalue weighted by Gasteiger charge is 2.29. The second-order valence-corrected chi connectivity index (χ2v) is 7.71. The van der Waals surface area contributed by atoms with Crippen molar-refractivity contribution in [1.29, 1.82) is 0 Å². The number of nitrogens with one attached hydrogen (secondary N) is 2. The lowest BCUT2D eigenvalue weighted by atomic mass is 9.96. The lowest BCUT2D eigenvalue weighted by Gasteiger charge is -2.31. The van der Waals surface area contributed by atoms with Gasteiger partial charge in [-0.05, 0) is 43.5 Å². The zero-order valence-corrected chi connectivity index (χ0v) is 16.8. The molecule has 0 atom stereocenters. The lowest BCUT2D eigenvalue weighted by Crippen LogP contribution is -2.43. The van der Waals surface area contributed by atoms with E-state index in [0.29, 0.717) is 44.6 Å². The SMILES string of the molecule is O=C(Nc1ccccc1N1CCCC1=O)C1CCN(C(=O)Nc2ccccc2)CC1. The Morgan fingerprint density at radius 2 is 1.57 bits per heavy atom. The van der Waals surface area contributed by atoms with Gasteiger partial charge >= 0.3 is 6.03 Å². The van der Waals surface area contributed by atoms with Gasteiger partial charge in [0.15, 0.2) is 0 Å². The summed E-state index contributed by atoms with van der Waals surface area (Å²) < 4.78 is 0. The first-order valence-corrected chi connectivity index (χ1v) is 10.4. The van der Waals surface area contributed by atoms with E-state index in [0.717, 1.165) is 17.8 Å². The number of carbonyl (C=O) groups is 3. The van der Waals surface area contributed by atoms with Crippen LogP contribution in [0.2, 0.25) is 0 Å². The van der Waals surface area contributed by atoms with Crippen molar-refractivity contribution >= 4 is 34.9 Å². The Balaban J connectivity index is 1.33. The van der Waals surface area contributed by atoms with Crippen molar-refractivity contribution in [3.8, 4) is 0 Å². The molecule has 7 heteroatoms. The van der Waals surface area contributed by atoms with Gasteiger partial charge in [0, 0.05) is 37.7 Å². The van der Waals surface area contributed by atoms with Gasteiger partial charge in [-0.3, -0.25) is 9.59 Å². The van der Waals surface area contributed by atoms with Crippen molar-refractivity contribution in [2.75, 3.05) is 35.2 Å². The average Bonchev–Trinajstić information content (AvgIpc) is 3.20. The van der Waals surface area contributed by atoms with Crippen molar-refractivity contribution in [3.63, 3.8) is 0 Å². The van der Waals surface area contributed by atoms with Crippen LogP contribution >= 0.6 is 0 Å². The minimum Gasteiger partial charge on any atom is -0.324 e. The number of para-hydroxylation sites is 3. The first kappa shape index (κ1) is 19.9. The summed E-state index contributed by atoms with van der Waals surface area (Å²) in [6.07, 6.45) is 2.61. The van der Waals surface area contributed by atoms with Gasteiger partial charge in [-0.1, -0.05) is 30.3 Å². The molecule has 0 aliphatic carbocycles. The van der Waals surface area contributed by atoms with Gasteiger partial charge in [0.25, 0.3) is 0 Å². The molecular formula is C23H26N4O3. The van der Waals surface area contributed by atoms with Crippen LogP contribution in [0.3, 0.4) is 0 Å². The molecule has 2 aromatic carbocycles. The molecule has 2 fully saturated rings. The van der Waals surface area contributed by atoms with Crippen LogP contribution in [0.15, 0.2) is 54.6 Å². The molecule has 2 aliphatic rings. The monoisotopic (exact) mass is 406 g/mol. The molecule has 30 heavy (non-hydrogen) atoms. The summed E-state index contributed by atoms with van der Waals surface area (Å²) in [5, 5.41) is 5.90. The molecule has 2 aliphatic heterocycles. The second-order valence-electron chi connectivity index (χ2n) is 7.71. The maximum Gasteiger partial charge on any atom is 0.321 e. The number of carbonyl (C=O) groups excluding carboxylic acids is 3. The summed E-state index contributed by atoms with van der Waals surface area (Å²) in [6.45, 7) is 1.74. The van der Waals surface area contributed by atoms with Crippen molar-refractivity contribution in [2.24, 2.45) is 5.92 Å². The third kappa shape index (κ3) is 4.45. The summed E-state index contributed by atoms with van der Waals surface area (Å²) in [4.78, 5) is 40.9. The number of rotatable bonds is 4. The molecule has 2 N–H and O–H groups in total. The van der Waals surface area contributed by atoms with E-state index in [2.05, 4.69) is 10.6 Å². The number of amides is 4. The van der Waals surface area contributed by atoms with Crippen molar-refractivity contribution in [1.82, 2.24) is 4.90 Å². The third-order valence-corrected chi connectivity index (χ3v) is 5.70. The van der Waals surface area contributed by atoms with Crippen LogP contribution in [0.25, 0.3) is 0 Å². The first-order valence-electron chi connectivity index (χ1n) is 10.4. The second kappa shape index (κ2) is 8.98. The smallest absolute Gasteiger partial charge is 0.321 e. The Labute approximate surface area is 176 Å². The van der Waals surface area contributed by atoms with Gasteiger partial charge in [-0.2, -0.15) is 0 Å². The van der Waals surface area contributed by atoms with Crippen molar-refractivity contribution < 1.29 is 14.4 Å². The van der Waals surface area contributed by atoms with E-state index in [1.165, 1.54) is 0 Å². The van der Waals surface area contributed by atoms with E-state index in [1.807, 2.05) is 54.6 Å².